The van der Waals surface area contributed by atoms with Crippen molar-refractivity contribution in [3.8, 4) is 5.75 Å². The fourth-order valence-electron chi connectivity index (χ4n) is 1.88. The average Bonchev–Trinajstić information content (AvgIpc) is 2.35. The van der Waals surface area contributed by atoms with E-state index in [1.165, 1.54) is 18.2 Å². The normalized spacial score (nSPS) is 10.6. The molecule has 0 saturated carbocycles. The maximum absolute atomic E-state index is 11.2. The summed E-state index contributed by atoms with van der Waals surface area (Å²) in [6.45, 7) is 5.12. The summed E-state index contributed by atoms with van der Waals surface area (Å²) in [5, 5.41) is 0. The first-order chi connectivity index (χ1) is 8.49. The first kappa shape index (κ1) is 14.5. The van der Waals surface area contributed by atoms with Gasteiger partial charge in [0.05, 0.1) is 20.8 Å². The Bertz CT molecular complexity index is 429. The summed E-state index contributed by atoms with van der Waals surface area (Å²) < 4.78 is 9.93. The van der Waals surface area contributed by atoms with Crippen molar-refractivity contribution >= 4 is 5.97 Å². The summed E-state index contributed by atoms with van der Waals surface area (Å²) in [5.74, 6) is 0.673. The molecular weight excluding hydrogens is 230 g/mol. The number of nitrogens with zero attached hydrogens (tertiary/aromatic N) is 1. The van der Waals surface area contributed by atoms with Crippen LogP contribution in [-0.4, -0.2) is 38.7 Å². The van der Waals surface area contributed by atoms with E-state index in [1.807, 2.05) is 31.0 Å². The molecule has 0 aliphatic heterocycles. The number of carbonyl (C=O) groups is 1. The Morgan fingerprint density at radius 1 is 1.22 bits per heavy atom. The van der Waals surface area contributed by atoms with E-state index < -0.39 is 0 Å². The molecule has 1 aromatic rings. The van der Waals surface area contributed by atoms with Crippen molar-refractivity contribution in [2.24, 2.45) is 0 Å². The molecule has 0 aliphatic carbocycles. The Kier molecular flexibility index (Phi) is 5.16. The smallest absolute Gasteiger partial charge is 0.319 e. The van der Waals surface area contributed by atoms with Gasteiger partial charge in [-0.25, -0.2) is 0 Å². The van der Waals surface area contributed by atoms with E-state index in [0.717, 1.165) is 11.3 Å². The first-order valence-corrected chi connectivity index (χ1v) is 5.88. The van der Waals surface area contributed by atoms with Crippen molar-refractivity contribution in [1.29, 1.82) is 0 Å². The summed E-state index contributed by atoms with van der Waals surface area (Å²) >= 11 is 0. The lowest BCUT2D eigenvalue weighted by molar-refractivity contribution is -0.141. The molecule has 0 saturated heterocycles. The summed E-state index contributed by atoms with van der Waals surface area (Å²) in [5.41, 5.74) is 3.53. The van der Waals surface area contributed by atoms with Crippen LogP contribution in [-0.2, 0) is 16.1 Å². The molecule has 0 aromatic heterocycles. The van der Waals surface area contributed by atoms with Crippen LogP contribution in [0.4, 0.5) is 0 Å². The van der Waals surface area contributed by atoms with Gasteiger partial charge in [0.1, 0.15) is 5.75 Å². The van der Waals surface area contributed by atoms with Gasteiger partial charge in [0, 0.05) is 6.54 Å². The number of methoxy groups -OCH3 is 2. The zero-order valence-corrected chi connectivity index (χ0v) is 11.7. The molecular formula is C14H21NO3. The Hall–Kier alpha value is -1.55. The number of hydrogen-bond acceptors (Lipinski definition) is 4. The van der Waals surface area contributed by atoms with Gasteiger partial charge >= 0.3 is 5.97 Å². The van der Waals surface area contributed by atoms with Gasteiger partial charge in [-0.2, -0.15) is 0 Å². The van der Waals surface area contributed by atoms with Gasteiger partial charge in [0.15, 0.2) is 0 Å². The van der Waals surface area contributed by atoms with Gasteiger partial charge < -0.3 is 9.47 Å². The van der Waals surface area contributed by atoms with Crippen molar-refractivity contribution < 1.29 is 14.3 Å². The van der Waals surface area contributed by atoms with E-state index in [0.29, 0.717) is 13.1 Å². The second kappa shape index (κ2) is 6.40. The van der Waals surface area contributed by atoms with E-state index >= 15 is 0 Å². The molecule has 0 fully saturated rings. The highest BCUT2D eigenvalue weighted by atomic mass is 16.5. The fraction of sp³-hybridized carbons (Fsp3) is 0.500. The minimum absolute atomic E-state index is 0.222. The van der Waals surface area contributed by atoms with E-state index in [2.05, 4.69) is 11.7 Å². The lowest BCUT2D eigenvalue weighted by Gasteiger charge is -2.18. The van der Waals surface area contributed by atoms with Crippen molar-refractivity contribution in [2.45, 2.75) is 20.4 Å². The Morgan fingerprint density at radius 2 is 1.89 bits per heavy atom. The SMILES string of the molecule is COC(=O)CN(C)Cc1ccc(OC)c(C)c1C. The Balaban J connectivity index is 2.79. The van der Waals surface area contributed by atoms with Gasteiger partial charge in [-0.15, -0.1) is 0 Å². The van der Waals surface area contributed by atoms with Gasteiger partial charge in [-0.3, -0.25) is 9.69 Å². The standard InChI is InChI=1S/C14H21NO3/c1-10-11(2)13(17-4)7-6-12(10)8-15(3)9-14(16)18-5/h6-7H,8-9H2,1-5H3. The number of likely N-dealkylation sites (N-methyl/N-ethyl adjacent to an activating group) is 1. The minimum atomic E-state index is -0.222. The predicted octanol–water partition coefficient (Wildman–Crippen LogP) is 1.92. The third-order valence-corrected chi connectivity index (χ3v) is 3.14. The maximum Gasteiger partial charge on any atom is 0.319 e. The molecule has 0 aliphatic rings. The summed E-state index contributed by atoms with van der Waals surface area (Å²) in [6, 6.07) is 4.00. The quantitative estimate of drug-likeness (QED) is 0.749. The summed E-state index contributed by atoms with van der Waals surface area (Å²) in [4.78, 5) is 13.1. The zero-order chi connectivity index (χ0) is 13.7. The summed E-state index contributed by atoms with van der Waals surface area (Å²) in [7, 11) is 4.97. The third kappa shape index (κ3) is 3.47. The van der Waals surface area contributed by atoms with Crippen LogP contribution < -0.4 is 4.74 Å². The lowest BCUT2D eigenvalue weighted by Crippen LogP contribution is -2.26. The first-order valence-electron chi connectivity index (χ1n) is 5.88. The van der Waals surface area contributed by atoms with E-state index in [4.69, 9.17) is 4.74 Å². The molecule has 1 aromatic carbocycles. The predicted molar refractivity (Wildman–Crippen MR) is 70.8 cm³/mol. The van der Waals surface area contributed by atoms with E-state index in [9.17, 15) is 4.79 Å². The van der Waals surface area contributed by atoms with Gasteiger partial charge in [0.25, 0.3) is 0 Å². The average molecular weight is 251 g/mol. The number of carbonyl (C=O) groups excluding carboxylic acids is 1. The number of esters is 1. The molecule has 4 nitrogen and oxygen atoms in total. The van der Waals surface area contributed by atoms with Crippen LogP contribution in [0.2, 0.25) is 0 Å². The highest BCUT2D eigenvalue weighted by molar-refractivity contribution is 5.71. The van der Waals surface area contributed by atoms with Crippen LogP contribution in [0.25, 0.3) is 0 Å². The topological polar surface area (TPSA) is 38.8 Å². The molecule has 18 heavy (non-hydrogen) atoms. The van der Waals surface area contributed by atoms with Gasteiger partial charge in [0.2, 0.25) is 0 Å². The second-order valence-electron chi connectivity index (χ2n) is 4.43. The third-order valence-electron chi connectivity index (χ3n) is 3.14. The number of rotatable bonds is 5. The molecule has 0 atom stereocenters. The number of hydrogen-bond donors (Lipinski definition) is 0. The van der Waals surface area contributed by atoms with E-state index in [-0.39, 0.29) is 5.97 Å². The van der Waals surface area contributed by atoms with Crippen LogP contribution in [0.1, 0.15) is 16.7 Å². The minimum Gasteiger partial charge on any atom is -0.496 e. The van der Waals surface area contributed by atoms with Gasteiger partial charge in [-0.05, 0) is 43.7 Å². The monoisotopic (exact) mass is 251 g/mol. The van der Waals surface area contributed by atoms with Crippen molar-refractivity contribution in [3.63, 3.8) is 0 Å². The molecule has 0 bridgehead atoms. The molecule has 0 amide bonds. The van der Waals surface area contributed by atoms with Crippen LogP contribution >= 0.6 is 0 Å². The summed E-state index contributed by atoms with van der Waals surface area (Å²) in [6.07, 6.45) is 0. The highest BCUT2D eigenvalue weighted by Gasteiger charge is 2.11. The molecule has 100 valence electrons. The van der Waals surface area contributed by atoms with E-state index in [1.54, 1.807) is 7.11 Å². The fourth-order valence-corrected chi connectivity index (χ4v) is 1.88. The highest BCUT2D eigenvalue weighted by Crippen LogP contribution is 2.24. The van der Waals surface area contributed by atoms with Gasteiger partial charge in [-0.1, -0.05) is 6.07 Å². The zero-order valence-electron chi connectivity index (χ0n) is 11.7. The molecule has 0 radical (unpaired) electrons. The molecule has 0 N–H and O–H groups in total. The van der Waals surface area contributed by atoms with Crippen molar-refractivity contribution in [2.75, 3.05) is 27.8 Å². The molecule has 0 heterocycles. The second-order valence-corrected chi connectivity index (χ2v) is 4.43. The lowest BCUT2D eigenvalue weighted by atomic mass is 10.0. The molecule has 0 spiro atoms. The number of ether oxygens (including phenoxy) is 2. The molecule has 0 unspecified atom stereocenters. The van der Waals surface area contributed by atoms with Crippen LogP contribution in [0.15, 0.2) is 12.1 Å². The van der Waals surface area contributed by atoms with Crippen LogP contribution in [0.5, 0.6) is 5.75 Å². The molecule has 4 heteroatoms. The van der Waals surface area contributed by atoms with Crippen molar-refractivity contribution in [1.82, 2.24) is 4.90 Å². The Labute approximate surface area is 108 Å². The number of benzene rings is 1. The van der Waals surface area contributed by atoms with Crippen molar-refractivity contribution in [3.05, 3.63) is 28.8 Å². The van der Waals surface area contributed by atoms with Crippen LogP contribution in [0, 0.1) is 13.8 Å². The molecule has 1 rings (SSSR count). The largest absolute Gasteiger partial charge is 0.496 e. The van der Waals surface area contributed by atoms with Crippen LogP contribution in [0.3, 0.4) is 0 Å². The Morgan fingerprint density at radius 3 is 2.44 bits per heavy atom. The maximum atomic E-state index is 11.2.